The Morgan fingerprint density at radius 2 is 1.89 bits per heavy atom. The Morgan fingerprint density at radius 3 is 2.49 bits per heavy atom. The summed E-state index contributed by atoms with van der Waals surface area (Å²) in [6.07, 6.45) is -5.99. The van der Waals surface area contributed by atoms with Crippen molar-refractivity contribution in [1.82, 2.24) is 29.4 Å². The predicted molar refractivity (Wildman–Crippen MR) is 113 cm³/mol. The van der Waals surface area contributed by atoms with E-state index in [0.717, 1.165) is 0 Å². The molecule has 4 rings (SSSR count). The number of fused-ring (bicyclic) bond motifs is 1. The molecule has 3 aromatic heterocycles. The number of halogens is 5. The summed E-state index contributed by atoms with van der Waals surface area (Å²) in [6.45, 7) is 2.37. The molecular weight excluding hydrogens is 477 g/mol. The van der Waals surface area contributed by atoms with Crippen molar-refractivity contribution < 1.29 is 31.5 Å². The van der Waals surface area contributed by atoms with Gasteiger partial charge >= 0.3 is 12.1 Å². The highest BCUT2D eigenvalue weighted by Gasteiger charge is 2.49. The van der Waals surface area contributed by atoms with Crippen LogP contribution in [-0.2, 0) is 22.2 Å². The van der Waals surface area contributed by atoms with Gasteiger partial charge in [-0.2, -0.15) is 18.3 Å². The van der Waals surface area contributed by atoms with Crippen LogP contribution in [0.15, 0.2) is 36.7 Å². The van der Waals surface area contributed by atoms with Gasteiger partial charge in [-0.25, -0.2) is 28.1 Å². The topological polar surface area (TPSA) is 113 Å². The Bertz CT molecular complexity index is 1430. The molecule has 0 bridgehead atoms. The standard InChI is InChI=1S/C21H18F5N7O2/c1-10-4-5-11(20(2,18(22)23)35-19(34)21(24,25)26)8-12(10)14-9-28-17-15(27)30-16(31-33(14)17)13-6-7-29-32(13)3/h4-9,18H,1-3H3,(H2,27,30,31). The minimum Gasteiger partial charge on any atom is -0.442 e. The Morgan fingerprint density at radius 1 is 1.17 bits per heavy atom. The van der Waals surface area contributed by atoms with Gasteiger partial charge in [-0.1, -0.05) is 12.1 Å². The molecule has 0 aliphatic rings. The second-order valence-corrected chi connectivity index (χ2v) is 7.86. The van der Waals surface area contributed by atoms with E-state index in [1.165, 1.54) is 39.8 Å². The van der Waals surface area contributed by atoms with Gasteiger partial charge in [0.2, 0.25) is 0 Å². The van der Waals surface area contributed by atoms with Crippen LogP contribution in [0.25, 0.3) is 28.4 Å². The molecule has 35 heavy (non-hydrogen) atoms. The summed E-state index contributed by atoms with van der Waals surface area (Å²) in [7, 11) is 1.68. The lowest BCUT2D eigenvalue weighted by Crippen LogP contribution is -2.41. The molecule has 1 atom stereocenters. The van der Waals surface area contributed by atoms with E-state index in [-0.39, 0.29) is 22.9 Å². The zero-order valence-electron chi connectivity index (χ0n) is 18.5. The molecule has 0 radical (unpaired) electrons. The fraction of sp³-hybridized carbons (Fsp3) is 0.286. The van der Waals surface area contributed by atoms with Gasteiger partial charge in [0.1, 0.15) is 5.69 Å². The molecular formula is C21H18F5N7O2. The lowest BCUT2D eigenvalue weighted by atomic mass is 9.91. The first-order valence-electron chi connectivity index (χ1n) is 10.0. The molecule has 0 fully saturated rings. The van der Waals surface area contributed by atoms with Gasteiger partial charge in [-0.3, -0.25) is 4.68 Å². The molecule has 0 amide bonds. The third-order valence-electron chi connectivity index (χ3n) is 5.48. The van der Waals surface area contributed by atoms with Crippen LogP contribution in [-0.4, -0.2) is 47.9 Å². The number of benzene rings is 1. The molecule has 14 heteroatoms. The highest BCUT2D eigenvalue weighted by molar-refractivity contribution is 5.77. The van der Waals surface area contributed by atoms with Crippen LogP contribution in [0.4, 0.5) is 27.8 Å². The lowest BCUT2D eigenvalue weighted by Gasteiger charge is -2.30. The molecule has 184 valence electrons. The number of anilines is 1. The second-order valence-electron chi connectivity index (χ2n) is 7.86. The number of aryl methyl sites for hydroxylation is 2. The van der Waals surface area contributed by atoms with Gasteiger partial charge in [0.15, 0.2) is 22.9 Å². The summed E-state index contributed by atoms with van der Waals surface area (Å²) in [5, 5.41) is 8.50. The molecule has 4 aromatic rings. The summed E-state index contributed by atoms with van der Waals surface area (Å²) in [6, 6.07) is 5.45. The number of imidazole rings is 1. The van der Waals surface area contributed by atoms with Crippen molar-refractivity contribution in [1.29, 1.82) is 0 Å². The van der Waals surface area contributed by atoms with Crippen LogP contribution >= 0.6 is 0 Å². The fourth-order valence-corrected chi connectivity index (χ4v) is 3.47. The van der Waals surface area contributed by atoms with E-state index < -0.39 is 24.2 Å². The van der Waals surface area contributed by atoms with Crippen LogP contribution in [0.3, 0.4) is 0 Å². The number of carbonyl (C=O) groups is 1. The molecule has 9 nitrogen and oxygen atoms in total. The summed E-state index contributed by atoms with van der Waals surface area (Å²) < 4.78 is 73.3. The van der Waals surface area contributed by atoms with Gasteiger partial charge in [0, 0.05) is 24.4 Å². The average molecular weight is 495 g/mol. The number of hydrogen-bond acceptors (Lipinski definition) is 7. The molecule has 0 spiro atoms. The normalized spacial score (nSPS) is 13.9. The number of nitrogens with zero attached hydrogens (tertiary/aromatic N) is 6. The van der Waals surface area contributed by atoms with Crippen LogP contribution in [0.2, 0.25) is 0 Å². The van der Waals surface area contributed by atoms with Crippen molar-refractivity contribution in [3.63, 3.8) is 0 Å². The first kappa shape index (κ1) is 24.0. The Balaban J connectivity index is 1.87. The van der Waals surface area contributed by atoms with Gasteiger partial charge in [0.25, 0.3) is 6.43 Å². The van der Waals surface area contributed by atoms with Gasteiger partial charge < -0.3 is 10.5 Å². The number of esters is 1. The van der Waals surface area contributed by atoms with Crippen LogP contribution in [0.1, 0.15) is 18.1 Å². The number of aromatic nitrogens is 6. The predicted octanol–water partition coefficient (Wildman–Crippen LogP) is 3.67. The number of rotatable bonds is 5. The maximum absolute atomic E-state index is 13.9. The quantitative estimate of drug-likeness (QED) is 0.332. The third-order valence-corrected chi connectivity index (χ3v) is 5.48. The molecule has 1 aromatic carbocycles. The smallest absolute Gasteiger partial charge is 0.442 e. The van der Waals surface area contributed by atoms with Gasteiger partial charge in [0.05, 0.1) is 11.9 Å². The number of alkyl halides is 5. The van der Waals surface area contributed by atoms with Crippen molar-refractivity contribution in [3.05, 3.63) is 47.8 Å². The minimum atomic E-state index is -5.44. The second kappa shape index (κ2) is 8.29. The number of carbonyl (C=O) groups excluding carboxylic acids is 1. The molecule has 1 unspecified atom stereocenters. The van der Waals surface area contributed by atoms with Crippen molar-refractivity contribution in [2.45, 2.75) is 32.1 Å². The fourth-order valence-electron chi connectivity index (χ4n) is 3.47. The maximum Gasteiger partial charge on any atom is 0.490 e. The lowest BCUT2D eigenvalue weighted by molar-refractivity contribution is -0.226. The van der Waals surface area contributed by atoms with E-state index in [1.54, 1.807) is 20.0 Å². The Labute approximate surface area is 194 Å². The summed E-state index contributed by atoms with van der Waals surface area (Å²) in [4.78, 5) is 19.8. The van der Waals surface area contributed by atoms with Crippen LogP contribution in [0, 0.1) is 6.92 Å². The number of nitrogens with two attached hydrogens (primary N) is 1. The van der Waals surface area contributed by atoms with Crippen molar-refractivity contribution in [2.75, 3.05) is 5.73 Å². The zero-order valence-corrected chi connectivity index (χ0v) is 18.5. The molecule has 0 saturated heterocycles. The number of hydrogen-bond donors (Lipinski definition) is 1. The van der Waals surface area contributed by atoms with Gasteiger partial charge in [-0.15, -0.1) is 5.10 Å². The highest BCUT2D eigenvalue weighted by Crippen LogP contribution is 2.38. The molecule has 3 heterocycles. The van der Waals surface area contributed by atoms with Crippen molar-refractivity contribution in [3.8, 4) is 22.8 Å². The minimum absolute atomic E-state index is 0.0350. The van der Waals surface area contributed by atoms with Gasteiger partial charge in [-0.05, 0) is 31.5 Å². The van der Waals surface area contributed by atoms with E-state index in [9.17, 15) is 26.7 Å². The Kier molecular flexibility index (Phi) is 5.69. The zero-order chi connectivity index (χ0) is 25.7. The van der Waals surface area contributed by atoms with Crippen molar-refractivity contribution in [2.24, 2.45) is 7.05 Å². The largest absolute Gasteiger partial charge is 0.490 e. The van der Waals surface area contributed by atoms with E-state index in [0.29, 0.717) is 29.4 Å². The number of ether oxygens (including phenoxy) is 1. The van der Waals surface area contributed by atoms with E-state index >= 15 is 0 Å². The third kappa shape index (κ3) is 4.15. The van der Waals surface area contributed by atoms with E-state index in [4.69, 9.17) is 5.73 Å². The average Bonchev–Trinajstić information content (AvgIpc) is 3.39. The summed E-state index contributed by atoms with van der Waals surface area (Å²) in [5.41, 5.74) is 4.71. The van der Waals surface area contributed by atoms with Crippen LogP contribution < -0.4 is 5.73 Å². The molecule has 0 saturated carbocycles. The molecule has 2 N–H and O–H groups in total. The SMILES string of the molecule is Cc1ccc(C(C)(OC(=O)C(F)(F)F)C(F)F)cc1-c1cnc2c(N)nc(-c3ccnn3C)nn12. The summed E-state index contributed by atoms with van der Waals surface area (Å²) in [5.74, 6) is -2.48. The summed E-state index contributed by atoms with van der Waals surface area (Å²) >= 11 is 0. The van der Waals surface area contributed by atoms with E-state index in [1.807, 2.05) is 0 Å². The molecule has 0 aliphatic carbocycles. The number of nitrogen functional groups attached to an aromatic ring is 1. The van der Waals surface area contributed by atoms with E-state index in [2.05, 4.69) is 24.9 Å². The highest BCUT2D eigenvalue weighted by atomic mass is 19.4. The maximum atomic E-state index is 13.9. The first-order chi connectivity index (χ1) is 16.3. The first-order valence-corrected chi connectivity index (χ1v) is 10.0. The van der Waals surface area contributed by atoms with Crippen LogP contribution in [0.5, 0.6) is 0 Å². The monoisotopic (exact) mass is 495 g/mol. The van der Waals surface area contributed by atoms with Crippen molar-refractivity contribution >= 4 is 17.4 Å². The Hall–Kier alpha value is -4.10. The molecule has 0 aliphatic heterocycles.